The van der Waals surface area contributed by atoms with Crippen molar-refractivity contribution in [1.82, 2.24) is 14.9 Å². The number of nitrogens with one attached hydrogen (secondary N) is 1. The van der Waals surface area contributed by atoms with Crippen LogP contribution in [0.2, 0.25) is 0 Å². The number of aromatic nitrogens is 2. The highest BCUT2D eigenvalue weighted by Gasteiger charge is 2.18. The Kier molecular flexibility index (Phi) is 4.92. The minimum absolute atomic E-state index is 0.274. The highest BCUT2D eigenvalue weighted by molar-refractivity contribution is 6.03. The summed E-state index contributed by atoms with van der Waals surface area (Å²) < 4.78 is 0. The molecular formula is C18H21N5O2. The van der Waals surface area contributed by atoms with Gasteiger partial charge < -0.3 is 15.1 Å². The molecule has 0 spiro atoms. The zero-order valence-electron chi connectivity index (χ0n) is 14.4. The Morgan fingerprint density at radius 3 is 2.52 bits per heavy atom. The third-order valence-electron chi connectivity index (χ3n) is 4.51. The number of piperazine rings is 1. The molecule has 7 heteroatoms. The van der Waals surface area contributed by atoms with Gasteiger partial charge >= 0.3 is 0 Å². The summed E-state index contributed by atoms with van der Waals surface area (Å²) in [6.45, 7) is 6.73. The summed E-state index contributed by atoms with van der Waals surface area (Å²) in [7, 11) is 0. The normalized spacial score (nSPS) is 14.3. The smallest absolute Gasteiger partial charge is 0.275 e. The lowest BCUT2D eigenvalue weighted by molar-refractivity contribution is -0.118. The van der Waals surface area contributed by atoms with E-state index in [-0.39, 0.29) is 11.6 Å². The van der Waals surface area contributed by atoms with Crippen LogP contribution in [0.3, 0.4) is 0 Å². The molecule has 7 nitrogen and oxygen atoms in total. The zero-order valence-corrected chi connectivity index (χ0v) is 14.4. The SMILES string of the molecule is Cc1cccc(NC(=O)c2cnc(N3CCN(C=O)CC3)cn2)c1C. The quantitative estimate of drug-likeness (QED) is 0.857. The van der Waals surface area contributed by atoms with Crippen LogP contribution in [-0.4, -0.2) is 53.4 Å². The highest BCUT2D eigenvalue weighted by atomic mass is 16.2. The van der Waals surface area contributed by atoms with Crippen molar-refractivity contribution >= 4 is 23.8 Å². The van der Waals surface area contributed by atoms with E-state index in [1.54, 1.807) is 11.1 Å². The van der Waals surface area contributed by atoms with Crippen molar-refractivity contribution in [2.75, 3.05) is 36.4 Å². The van der Waals surface area contributed by atoms with Crippen molar-refractivity contribution in [3.05, 3.63) is 47.4 Å². The molecule has 25 heavy (non-hydrogen) atoms. The molecular weight excluding hydrogens is 318 g/mol. The van der Waals surface area contributed by atoms with Gasteiger partial charge in [-0.25, -0.2) is 9.97 Å². The molecule has 1 aliphatic heterocycles. The van der Waals surface area contributed by atoms with Gasteiger partial charge in [0.2, 0.25) is 6.41 Å². The Bertz CT molecular complexity index is 768. The number of aryl methyl sites for hydroxylation is 1. The molecule has 1 saturated heterocycles. The second kappa shape index (κ2) is 7.29. The summed E-state index contributed by atoms with van der Waals surface area (Å²) in [5.74, 6) is 0.437. The maximum atomic E-state index is 12.4. The molecule has 1 aromatic heterocycles. The first-order chi connectivity index (χ1) is 12.1. The monoisotopic (exact) mass is 339 g/mol. The van der Waals surface area contributed by atoms with Gasteiger partial charge in [0.1, 0.15) is 11.5 Å². The summed E-state index contributed by atoms with van der Waals surface area (Å²) in [4.78, 5) is 35.5. The number of nitrogens with zero attached hydrogens (tertiary/aromatic N) is 4. The number of hydrogen-bond acceptors (Lipinski definition) is 5. The number of amides is 2. The van der Waals surface area contributed by atoms with Crippen molar-refractivity contribution in [3.63, 3.8) is 0 Å². The molecule has 0 radical (unpaired) electrons. The molecule has 0 aliphatic carbocycles. The lowest BCUT2D eigenvalue weighted by Gasteiger charge is -2.33. The van der Waals surface area contributed by atoms with Crippen molar-refractivity contribution in [1.29, 1.82) is 0 Å². The Labute approximate surface area is 146 Å². The number of rotatable bonds is 4. The fraction of sp³-hybridized carbons (Fsp3) is 0.333. The number of anilines is 2. The molecule has 2 heterocycles. The van der Waals surface area contributed by atoms with Crippen molar-refractivity contribution in [3.8, 4) is 0 Å². The van der Waals surface area contributed by atoms with Gasteiger partial charge in [-0.1, -0.05) is 12.1 Å². The molecule has 1 fully saturated rings. The van der Waals surface area contributed by atoms with Crippen LogP contribution in [0.1, 0.15) is 21.6 Å². The fourth-order valence-corrected chi connectivity index (χ4v) is 2.73. The van der Waals surface area contributed by atoms with Gasteiger partial charge in [-0.15, -0.1) is 0 Å². The predicted molar refractivity (Wildman–Crippen MR) is 95.8 cm³/mol. The van der Waals surface area contributed by atoms with E-state index in [9.17, 15) is 9.59 Å². The third-order valence-corrected chi connectivity index (χ3v) is 4.51. The highest BCUT2D eigenvalue weighted by Crippen LogP contribution is 2.19. The van der Waals surface area contributed by atoms with Crippen molar-refractivity contribution in [2.45, 2.75) is 13.8 Å². The lowest BCUT2D eigenvalue weighted by atomic mass is 10.1. The average molecular weight is 339 g/mol. The zero-order chi connectivity index (χ0) is 17.8. The van der Waals surface area contributed by atoms with Crippen molar-refractivity contribution in [2.24, 2.45) is 0 Å². The van der Waals surface area contributed by atoms with Gasteiger partial charge in [0.25, 0.3) is 5.91 Å². The fourth-order valence-electron chi connectivity index (χ4n) is 2.73. The average Bonchev–Trinajstić information content (AvgIpc) is 2.65. The second-order valence-electron chi connectivity index (χ2n) is 6.09. The van der Waals surface area contributed by atoms with E-state index in [2.05, 4.69) is 20.2 Å². The largest absolute Gasteiger partial charge is 0.352 e. The van der Waals surface area contributed by atoms with Crippen LogP contribution in [0.15, 0.2) is 30.6 Å². The lowest BCUT2D eigenvalue weighted by Crippen LogP contribution is -2.46. The summed E-state index contributed by atoms with van der Waals surface area (Å²) >= 11 is 0. The van der Waals surface area contributed by atoms with Crippen LogP contribution in [0.5, 0.6) is 0 Å². The molecule has 0 saturated carbocycles. The van der Waals surface area contributed by atoms with E-state index in [1.807, 2.05) is 32.0 Å². The number of carbonyl (C=O) groups is 2. The first-order valence-electron chi connectivity index (χ1n) is 8.22. The Balaban J connectivity index is 1.67. The molecule has 2 amide bonds. The number of benzene rings is 1. The summed E-state index contributed by atoms with van der Waals surface area (Å²) in [5, 5.41) is 2.88. The van der Waals surface area contributed by atoms with Crippen LogP contribution < -0.4 is 10.2 Å². The molecule has 0 atom stereocenters. The van der Waals surface area contributed by atoms with E-state index in [1.165, 1.54) is 6.20 Å². The van der Waals surface area contributed by atoms with Crippen LogP contribution in [0, 0.1) is 13.8 Å². The van der Waals surface area contributed by atoms with E-state index >= 15 is 0 Å². The van der Waals surface area contributed by atoms with E-state index in [0.29, 0.717) is 32.0 Å². The number of carbonyl (C=O) groups excluding carboxylic acids is 2. The molecule has 130 valence electrons. The summed E-state index contributed by atoms with van der Waals surface area (Å²) in [5.41, 5.74) is 3.21. The molecule has 3 rings (SSSR count). The molecule has 0 bridgehead atoms. The maximum absolute atomic E-state index is 12.4. The minimum Gasteiger partial charge on any atom is -0.352 e. The van der Waals surface area contributed by atoms with E-state index in [4.69, 9.17) is 0 Å². The summed E-state index contributed by atoms with van der Waals surface area (Å²) in [6.07, 6.45) is 3.96. The third kappa shape index (κ3) is 3.76. The Morgan fingerprint density at radius 2 is 1.88 bits per heavy atom. The molecule has 2 aromatic rings. The van der Waals surface area contributed by atoms with Crippen LogP contribution in [-0.2, 0) is 4.79 Å². The predicted octanol–water partition coefficient (Wildman–Crippen LogP) is 1.62. The van der Waals surface area contributed by atoms with Gasteiger partial charge in [-0.2, -0.15) is 0 Å². The van der Waals surface area contributed by atoms with Crippen LogP contribution in [0.4, 0.5) is 11.5 Å². The molecule has 1 N–H and O–H groups in total. The Hall–Kier alpha value is -2.96. The standard InChI is InChI=1S/C18H21N5O2/c1-13-4-3-5-15(14(13)2)21-18(25)16-10-20-17(11-19-16)23-8-6-22(12-24)7-9-23/h3-5,10-12H,6-9H2,1-2H3,(H,21,25). The van der Waals surface area contributed by atoms with Crippen LogP contribution >= 0.6 is 0 Å². The first kappa shape index (κ1) is 16.9. The number of hydrogen-bond donors (Lipinski definition) is 1. The second-order valence-corrected chi connectivity index (χ2v) is 6.09. The molecule has 0 unspecified atom stereocenters. The van der Waals surface area contributed by atoms with Gasteiger partial charge in [-0.3, -0.25) is 9.59 Å². The maximum Gasteiger partial charge on any atom is 0.275 e. The molecule has 1 aliphatic rings. The van der Waals surface area contributed by atoms with Gasteiger partial charge in [0.05, 0.1) is 12.4 Å². The van der Waals surface area contributed by atoms with E-state index < -0.39 is 0 Å². The van der Waals surface area contributed by atoms with Gasteiger partial charge in [-0.05, 0) is 31.0 Å². The first-order valence-corrected chi connectivity index (χ1v) is 8.22. The Morgan fingerprint density at radius 1 is 1.12 bits per heavy atom. The van der Waals surface area contributed by atoms with Gasteiger partial charge in [0, 0.05) is 31.9 Å². The topological polar surface area (TPSA) is 78.4 Å². The minimum atomic E-state index is -0.279. The van der Waals surface area contributed by atoms with Crippen molar-refractivity contribution < 1.29 is 9.59 Å². The van der Waals surface area contributed by atoms with Gasteiger partial charge in [0.15, 0.2) is 0 Å². The molecule has 1 aromatic carbocycles. The summed E-state index contributed by atoms with van der Waals surface area (Å²) in [6, 6.07) is 5.78. The van der Waals surface area contributed by atoms with E-state index in [0.717, 1.165) is 23.2 Å². The van der Waals surface area contributed by atoms with Crippen LogP contribution in [0.25, 0.3) is 0 Å².